The Morgan fingerprint density at radius 3 is 2.38 bits per heavy atom. The molecule has 0 radical (unpaired) electrons. The highest BCUT2D eigenvalue weighted by Crippen LogP contribution is 2.69. The number of nitrogens with two attached hydrogens (primary N) is 1. The monoisotopic (exact) mass is 702 g/mol. The number of amides is 3. The Balaban J connectivity index is 1.09. The van der Waals surface area contributed by atoms with E-state index >= 15 is 0 Å². The van der Waals surface area contributed by atoms with Gasteiger partial charge in [-0.2, -0.15) is 0 Å². The van der Waals surface area contributed by atoms with Crippen molar-refractivity contribution < 1.29 is 27.5 Å². The molecule has 2 saturated carbocycles. The van der Waals surface area contributed by atoms with E-state index < -0.39 is 27.8 Å². The summed E-state index contributed by atoms with van der Waals surface area (Å²) in [5.74, 6) is -1.54. The molecule has 4 unspecified atom stereocenters. The van der Waals surface area contributed by atoms with Crippen LogP contribution in [0.5, 0.6) is 5.75 Å². The summed E-state index contributed by atoms with van der Waals surface area (Å²) in [6.07, 6.45) is 0.752. The molecule has 4 aromatic rings. The summed E-state index contributed by atoms with van der Waals surface area (Å²) in [5.41, 5.74) is 2.83. The Bertz CT molecular complexity index is 2150. The van der Waals surface area contributed by atoms with Gasteiger partial charge in [0.2, 0.25) is 21.8 Å². The second-order valence-electron chi connectivity index (χ2n) is 12.8. The predicted molar refractivity (Wildman–Crippen MR) is 181 cm³/mol. The summed E-state index contributed by atoms with van der Waals surface area (Å²) < 4.78 is 29.2. The number of aromatic nitrogens is 1. The number of carbonyl (C=O) groups is 3. The number of imide groups is 1. The molecule has 4 aliphatic rings. The fourth-order valence-electron chi connectivity index (χ4n) is 8.25. The van der Waals surface area contributed by atoms with Crippen molar-refractivity contribution in [1.29, 1.82) is 0 Å². The number of benzene rings is 3. The van der Waals surface area contributed by atoms with Crippen LogP contribution < -0.4 is 25.0 Å². The Labute approximate surface area is 283 Å². The molecule has 246 valence electrons. The van der Waals surface area contributed by atoms with Gasteiger partial charge in [0.15, 0.2) is 6.61 Å². The van der Waals surface area contributed by atoms with Crippen LogP contribution in [0.3, 0.4) is 0 Å². The lowest BCUT2D eigenvalue weighted by molar-refractivity contribution is -0.123. The molecule has 7 atom stereocenters. The average molecular weight is 703 g/mol. The third-order valence-electron chi connectivity index (χ3n) is 10.1. The van der Waals surface area contributed by atoms with E-state index in [1.54, 1.807) is 17.8 Å². The van der Waals surface area contributed by atoms with Crippen molar-refractivity contribution in [2.24, 2.45) is 34.7 Å². The molecule has 3 fully saturated rings. The van der Waals surface area contributed by atoms with Crippen molar-refractivity contribution in [2.75, 3.05) is 16.8 Å². The second kappa shape index (κ2) is 11.4. The zero-order chi connectivity index (χ0) is 33.5. The number of rotatable bonds is 7. The van der Waals surface area contributed by atoms with Crippen molar-refractivity contribution in [3.05, 3.63) is 98.5 Å². The number of carbonyl (C=O) groups excluding carboxylic acids is 3. The van der Waals surface area contributed by atoms with Crippen LogP contribution in [0.2, 0.25) is 0 Å². The number of thioether (sulfide) groups is 1. The number of hydrogen-bond acceptors (Lipinski definition) is 9. The number of aryl methyl sites for hydroxylation is 1. The lowest BCUT2D eigenvalue weighted by Crippen LogP contribution is -2.42. The van der Waals surface area contributed by atoms with Crippen LogP contribution in [0.1, 0.15) is 28.3 Å². The predicted octanol–water partition coefficient (Wildman–Crippen LogP) is 4.09. The summed E-state index contributed by atoms with van der Waals surface area (Å²) >= 11 is 2.76. The highest BCUT2D eigenvalue weighted by atomic mass is 32.2. The molecule has 2 bridgehead atoms. The van der Waals surface area contributed by atoms with Crippen molar-refractivity contribution in [3.8, 4) is 5.75 Å². The smallest absolute Gasteiger partial charge is 0.305 e. The number of thiazole rings is 1. The van der Waals surface area contributed by atoms with Crippen LogP contribution in [-0.4, -0.2) is 43.0 Å². The minimum Gasteiger partial charge on any atom is -0.483 e. The molecule has 4 N–H and O–H groups in total. The average Bonchev–Trinajstić information content (AvgIpc) is 3.79. The zero-order valence-electron chi connectivity index (χ0n) is 25.5. The van der Waals surface area contributed by atoms with Gasteiger partial charge in [-0.15, -0.1) is 11.8 Å². The molecule has 3 heterocycles. The van der Waals surface area contributed by atoms with Crippen molar-refractivity contribution >= 4 is 62.2 Å². The van der Waals surface area contributed by atoms with E-state index in [-0.39, 0.29) is 57.1 Å². The van der Waals surface area contributed by atoms with Crippen LogP contribution in [0.15, 0.2) is 87.5 Å². The number of fused-ring (bicyclic) bond motifs is 9. The summed E-state index contributed by atoms with van der Waals surface area (Å²) in [6.45, 7) is 1.64. The van der Waals surface area contributed by atoms with Gasteiger partial charge in [0, 0.05) is 27.3 Å². The quantitative estimate of drug-likeness (QED) is 0.242. The Hall–Kier alpha value is -4.24. The standard InChI is InChI=1S/C34H30N4O7S3/c1-16-6-10-18(11-7-16)38-32(40)27-21-14-22(28(27)33(38)41)29-26(21)25(30-31(46-29)37-34(42)47-30)20-4-2-3-5-23(20)45-15-24(39)36-17-8-12-19(13-9-17)48(35,43)44/h2-13,21-22,25-29H,14-15H2,1H3,(H,36,39)(H,37,42)(H2,35,43,44)/t21-,22-,25-,26?,27?,28?,29?/m1/s1. The number of nitrogens with zero attached hydrogens (tertiary/aromatic N) is 1. The summed E-state index contributed by atoms with van der Waals surface area (Å²) in [6, 6.07) is 20.4. The Kier molecular flexibility index (Phi) is 7.40. The number of anilines is 2. The molecule has 1 aromatic heterocycles. The number of para-hydroxylation sites is 1. The van der Waals surface area contributed by atoms with Gasteiger partial charge in [-0.05, 0) is 73.6 Å². The topological polar surface area (TPSA) is 169 Å². The minimum atomic E-state index is -3.86. The fourth-order valence-corrected chi connectivity index (χ4v) is 11.6. The normalized spacial score (nSPS) is 27.0. The number of aromatic amines is 1. The van der Waals surface area contributed by atoms with E-state index in [2.05, 4.69) is 10.3 Å². The first-order valence-corrected chi connectivity index (χ1v) is 18.7. The second-order valence-corrected chi connectivity index (χ2v) is 16.5. The molecule has 3 aromatic carbocycles. The molecule has 8 rings (SSSR count). The first kappa shape index (κ1) is 31.1. The third kappa shape index (κ3) is 5.00. The van der Waals surface area contributed by atoms with Crippen LogP contribution in [0, 0.1) is 36.5 Å². The van der Waals surface area contributed by atoms with Gasteiger partial charge in [-0.3, -0.25) is 24.1 Å². The largest absolute Gasteiger partial charge is 0.483 e. The lowest BCUT2D eigenvalue weighted by Gasteiger charge is -2.43. The number of primary sulfonamides is 1. The summed E-state index contributed by atoms with van der Waals surface area (Å²) in [7, 11) is -3.86. The lowest BCUT2D eigenvalue weighted by atomic mass is 9.68. The SMILES string of the molecule is Cc1ccc(N2C(=O)C3C(C2=O)[C@@H]2C[C@H]3C3Sc4[nH]c(=O)sc4[C@H](c4ccccc4OCC(=O)Nc4ccc(S(N)(=O)=O)cc4)C32)cc1. The molecule has 14 heteroatoms. The van der Waals surface area contributed by atoms with E-state index in [4.69, 9.17) is 9.88 Å². The van der Waals surface area contributed by atoms with Gasteiger partial charge in [-0.25, -0.2) is 13.6 Å². The van der Waals surface area contributed by atoms with Gasteiger partial charge in [0.1, 0.15) is 5.75 Å². The molecule has 1 saturated heterocycles. The maximum atomic E-state index is 14.0. The number of sulfonamides is 1. The van der Waals surface area contributed by atoms with Gasteiger partial charge in [0.25, 0.3) is 5.91 Å². The molecule has 3 amide bonds. The van der Waals surface area contributed by atoms with Crippen LogP contribution in [0.25, 0.3) is 0 Å². The van der Waals surface area contributed by atoms with E-state index in [1.165, 1.54) is 29.2 Å². The molecular formula is C34H30N4O7S3. The van der Waals surface area contributed by atoms with Gasteiger partial charge in [0.05, 0.1) is 27.4 Å². The number of hydrogen-bond donors (Lipinski definition) is 3. The van der Waals surface area contributed by atoms with Gasteiger partial charge in [-0.1, -0.05) is 47.2 Å². The molecule has 2 aliphatic heterocycles. The Morgan fingerprint density at radius 1 is 0.979 bits per heavy atom. The first-order chi connectivity index (χ1) is 23.0. The molecule has 11 nitrogen and oxygen atoms in total. The zero-order valence-corrected chi connectivity index (χ0v) is 27.9. The van der Waals surface area contributed by atoms with Crippen molar-refractivity contribution in [3.63, 3.8) is 0 Å². The molecule has 0 spiro atoms. The van der Waals surface area contributed by atoms with Crippen LogP contribution >= 0.6 is 23.1 Å². The summed E-state index contributed by atoms with van der Waals surface area (Å²) in [4.78, 5) is 58.6. The minimum absolute atomic E-state index is 0.00498. The number of ether oxygens (including phenoxy) is 1. The van der Waals surface area contributed by atoms with Gasteiger partial charge >= 0.3 is 4.87 Å². The van der Waals surface area contributed by atoms with Crippen molar-refractivity contribution in [2.45, 2.75) is 34.4 Å². The van der Waals surface area contributed by atoms with Crippen LogP contribution in [-0.2, 0) is 24.4 Å². The van der Waals surface area contributed by atoms with Crippen molar-refractivity contribution in [1.82, 2.24) is 4.98 Å². The van der Waals surface area contributed by atoms with Crippen LogP contribution in [0.4, 0.5) is 11.4 Å². The highest BCUT2D eigenvalue weighted by molar-refractivity contribution is 8.00. The maximum Gasteiger partial charge on any atom is 0.305 e. The highest BCUT2D eigenvalue weighted by Gasteiger charge is 2.69. The fraction of sp³-hybridized carbons (Fsp3) is 0.294. The summed E-state index contributed by atoms with van der Waals surface area (Å²) in [5, 5.41) is 8.65. The van der Waals surface area contributed by atoms with E-state index in [0.717, 1.165) is 38.8 Å². The van der Waals surface area contributed by atoms with E-state index in [9.17, 15) is 27.6 Å². The van der Waals surface area contributed by atoms with Gasteiger partial charge < -0.3 is 15.0 Å². The maximum absolute atomic E-state index is 14.0. The number of H-pyrrole nitrogens is 1. The third-order valence-corrected chi connectivity index (χ3v) is 13.6. The first-order valence-electron chi connectivity index (χ1n) is 15.5. The van der Waals surface area contributed by atoms with E-state index in [1.807, 2.05) is 49.4 Å². The number of nitrogens with one attached hydrogen (secondary N) is 2. The Morgan fingerprint density at radius 2 is 1.67 bits per heavy atom. The molecule has 2 aliphatic carbocycles. The van der Waals surface area contributed by atoms with E-state index in [0.29, 0.717) is 17.1 Å². The molecule has 48 heavy (non-hydrogen) atoms. The molecular weight excluding hydrogens is 673 g/mol.